The van der Waals surface area contributed by atoms with Gasteiger partial charge in [0.25, 0.3) is 0 Å². The Morgan fingerprint density at radius 1 is 0.952 bits per heavy atom. The van der Waals surface area contributed by atoms with Crippen LogP contribution in [0.5, 0.6) is 0 Å². The van der Waals surface area contributed by atoms with Crippen LogP contribution < -0.4 is 10.6 Å². The Morgan fingerprint density at radius 3 is 2.14 bits per heavy atom. The monoisotopic (exact) mass is 567 g/mol. The lowest BCUT2D eigenvalue weighted by molar-refractivity contribution is -0.146. The van der Waals surface area contributed by atoms with Gasteiger partial charge < -0.3 is 20.5 Å². The number of alkyl carbamates (subject to hydrolysis) is 1. The lowest BCUT2D eigenvalue weighted by Crippen LogP contribution is -2.53. The first-order valence-electron chi connectivity index (χ1n) is 14.7. The highest BCUT2D eigenvalue weighted by Crippen LogP contribution is 2.73. The summed E-state index contributed by atoms with van der Waals surface area (Å²) in [6.45, 7) is 1.01. The zero-order chi connectivity index (χ0) is 29.3. The second kappa shape index (κ2) is 11.2. The van der Waals surface area contributed by atoms with E-state index in [0.717, 1.165) is 47.1 Å². The molecule has 218 valence electrons. The Morgan fingerprint density at radius 2 is 1.57 bits per heavy atom. The van der Waals surface area contributed by atoms with Crippen LogP contribution in [0.25, 0.3) is 11.1 Å². The van der Waals surface area contributed by atoms with Gasteiger partial charge in [-0.25, -0.2) is 4.79 Å². The standard InChI is InChI=1S/C34H37N3O5/c1-37(18-23-10-3-2-4-11-23)19-29(30(38)35-22-34(31(39)40)21-33(34)16-9-17-33)36-32(41)42-20-28-26-14-7-5-12-24(26)25-13-6-8-15-27(25)28/h2-8,10-15,28-29H,9,16-22H2,1H3,(H,35,38)(H,36,41)(H,39,40). The van der Waals surface area contributed by atoms with E-state index in [2.05, 4.69) is 34.9 Å². The van der Waals surface area contributed by atoms with E-state index < -0.39 is 29.4 Å². The highest BCUT2D eigenvalue weighted by molar-refractivity contribution is 5.87. The van der Waals surface area contributed by atoms with Crippen molar-refractivity contribution < 1.29 is 24.2 Å². The largest absolute Gasteiger partial charge is 0.481 e. The number of hydrogen-bond acceptors (Lipinski definition) is 5. The molecular weight excluding hydrogens is 530 g/mol. The highest BCUT2D eigenvalue weighted by Gasteiger charge is 2.73. The first-order chi connectivity index (χ1) is 20.3. The molecule has 0 aromatic heterocycles. The zero-order valence-corrected chi connectivity index (χ0v) is 23.8. The summed E-state index contributed by atoms with van der Waals surface area (Å²) < 4.78 is 5.73. The first kappa shape index (κ1) is 28.0. The molecule has 2 atom stereocenters. The summed E-state index contributed by atoms with van der Waals surface area (Å²) in [5.41, 5.74) is 4.47. The average molecular weight is 568 g/mol. The summed E-state index contributed by atoms with van der Waals surface area (Å²) >= 11 is 0. The maximum Gasteiger partial charge on any atom is 0.407 e. The number of nitrogens with zero attached hydrogens (tertiary/aromatic N) is 1. The minimum Gasteiger partial charge on any atom is -0.481 e. The summed E-state index contributed by atoms with van der Waals surface area (Å²) in [6, 6.07) is 25.2. The molecule has 8 heteroatoms. The number of carboxylic acid groups (broad SMARTS) is 1. The van der Waals surface area contributed by atoms with Crippen LogP contribution in [0.3, 0.4) is 0 Å². The van der Waals surface area contributed by atoms with Crippen LogP contribution in [0.15, 0.2) is 78.9 Å². The van der Waals surface area contributed by atoms with E-state index >= 15 is 0 Å². The summed E-state index contributed by atoms with van der Waals surface area (Å²) in [5.74, 6) is -1.37. The molecule has 0 aliphatic heterocycles. The maximum absolute atomic E-state index is 13.5. The number of carbonyl (C=O) groups is 3. The van der Waals surface area contributed by atoms with Crippen LogP contribution in [0.2, 0.25) is 0 Å². The third-order valence-electron chi connectivity index (χ3n) is 9.56. The van der Waals surface area contributed by atoms with Crippen molar-refractivity contribution in [3.63, 3.8) is 0 Å². The molecule has 3 aromatic rings. The summed E-state index contributed by atoms with van der Waals surface area (Å²) in [6.07, 6.45) is 2.71. The second-order valence-corrected chi connectivity index (χ2v) is 12.1. The average Bonchev–Trinajstić information content (AvgIpc) is 3.59. The molecule has 2 amide bonds. The van der Waals surface area contributed by atoms with E-state index in [1.165, 1.54) is 0 Å². The van der Waals surface area contributed by atoms with Crippen molar-refractivity contribution in [2.75, 3.05) is 26.7 Å². The van der Waals surface area contributed by atoms with Crippen LogP contribution in [0, 0.1) is 10.8 Å². The number of rotatable bonds is 11. The third-order valence-corrected chi connectivity index (χ3v) is 9.56. The van der Waals surface area contributed by atoms with E-state index in [-0.39, 0.29) is 31.0 Å². The molecule has 0 radical (unpaired) electrons. The van der Waals surface area contributed by atoms with Gasteiger partial charge in [-0.1, -0.05) is 85.3 Å². The van der Waals surface area contributed by atoms with Gasteiger partial charge in [0.2, 0.25) is 5.91 Å². The van der Waals surface area contributed by atoms with Gasteiger partial charge in [-0.15, -0.1) is 0 Å². The molecule has 3 aromatic carbocycles. The van der Waals surface area contributed by atoms with Crippen LogP contribution in [0.1, 0.15) is 48.3 Å². The zero-order valence-electron chi connectivity index (χ0n) is 23.8. The van der Waals surface area contributed by atoms with Gasteiger partial charge >= 0.3 is 12.1 Å². The number of likely N-dealkylation sites (N-methyl/N-ethyl adjacent to an activating group) is 1. The number of aliphatic carboxylic acids is 1. The second-order valence-electron chi connectivity index (χ2n) is 12.1. The first-order valence-corrected chi connectivity index (χ1v) is 14.7. The quantitative estimate of drug-likeness (QED) is 0.308. The maximum atomic E-state index is 13.5. The fourth-order valence-electron chi connectivity index (χ4n) is 7.03. The predicted molar refractivity (Wildman–Crippen MR) is 159 cm³/mol. The Hall–Kier alpha value is -4.17. The number of ether oxygens (including phenoxy) is 1. The van der Waals surface area contributed by atoms with Crippen molar-refractivity contribution in [1.29, 1.82) is 0 Å². The van der Waals surface area contributed by atoms with Crippen LogP contribution in [-0.4, -0.2) is 60.8 Å². The van der Waals surface area contributed by atoms with Gasteiger partial charge in [0.15, 0.2) is 0 Å². The van der Waals surface area contributed by atoms with Gasteiger partial charge in [0.1, 0.15) is 12.6 Å². The SMILES string of the molecule is CN(Cc1ccccc1)CC(NC(=O)OCC1c2ccccc2-c2ccccc21)C(=O)NCC1(C(=O)O)CC12CCC2. The van der Waals surface area contributed by atoms with E-state index in [1.54, 1.807) is 0 Å². The smallest absolute Gasteiger partial charge is 0.407 e. The van der Waals surface area contributed by atoms with Crippen molar-refractivity contribution >= 4 is 18.0 Å². The molecule has 0 saturated heterocycles. The Bertz CT molecular complexity index is 1440. The number of amides is 2. The Balaban J connectivity index is 1.12. The van der Waals surface area contributed by atoms with Gasteiger partial charge in [0.05, 0.1) is 5.41 Å². The van der Waals surface area contributed by atoms with E-state index in [0.29, 0.717) is 13.0 Å². The normalized spacial score (nSPS) is 20.2. The number of fused-ring (bicyclic) bond motifs is 3. The van der Waals surface area contributed by atoms with Crippen molar-refractivity contribution in [3.05, 3.63) is 95.6 Å². The molecule has 2 unspecified atom stereocenters. The Kier molecular flexibility index (Phi) is 7.49. The molecule has 0 heterocycles. The van der Waals surface area contributed by atoms with Crippen molar-refractivity contribution in [2.45, 2.75) is 44.2 Å². The Labute approximate surface area is 246 Å². The molecule has 3 aliphatic rings. The van der Waals surface area contributed by atoms with Gasteiger partial charge in [-0.3, -0.25) is 14.5 Å². The predicted octanol–water partition coefficient (Wildman–Crippen LogP) is 4.79. The van der Waals surface area contributed by atoms with Crippen LogP contribution in [-0.2, 0) is 20.9 Å². The number of carboxylic acids is 1. The minimum absolute atomic E-state index is 0.0619. The van der Waals surface area contributed by atoms with Crippen molar-refractivity contribution in [3.8, 4) is 11.1 Å². The van der Waals surface area contributed by atoms with Gasteiger partial charge in [0, 0.05) is 25.6 Å². The molecule has 2 fully saturated rings. The van der Waals surface area contributed by atoms with Crippen LogP contribution >= 0.6 is 0 Å². The van der Waals surface area contributed by atoms with Crippen molar-refractivity contribution in [1.82, 2.24) is 15.5 Å². The molecule has 3 N–H and O–H groups in total. The molecular formula is C34H37N3O5. The molecule has 3 aliphatic carbocycles. The fourth-order valence-corrected chi connectivity index (χ4v) is 7.03. The number of hydrogen-bond donors (Lipinski definition) is 3. The van der Waals surface area contributed by atoms with Gasteiger partial charge in [-0.2, -0.15) is 0 Å². The number of nitrogens with one attached hydrogen (secondary N) is 2. The summed E-state index contributed by atoms with van der Waals surface area (Å²) in [7, 11) is 1.88. The van der Waals surface area contributed by atoms with Crippen LogP contribution in [0.4, 0.5) is 4.79 Å². The van der Waals surface area contributed by atoms with Gasteiger partial charge in [-0.05, 0) is 59.5 Å². The summed E-state index contributed by atoms with van der Waals surface area (Å²) in [5, 5.41) is 15.6. The minimum atomic E-state index is -0.920. The molecule has 2 saturated carbocycles. The van der Waals surface area contributed by atoms with E-state index in [4.69, 9.17) is 4.74 Å². The molecule has 1 spiro atoms. The molecule has 42 heavy (non-hydrogen) atoms. The number of carbonyl (C=O) groups excluding carboxylic acids is 2. The molecule has 8 nitrogen and oxygen atoms in total. The van der Waals surface area contributed by atoms with E-state index in [9.17, 15) is 19.5 Å². The lowest BCUT2D eigenvalue weighted by Gasteiger charge is -2.31. The van der Waals surface area contributed by atoms with Crippen molar-refractivity contribution in [2.24, 2.45) is 10.8 Å². The van der Waals surface area contributed by atoms with E-state index in [1.807, 2.05) is 66.5 Å². The summed E-state index contributed by atoms with van der Waals surface area (Å²) in [4.78, 5) is 40.7. The highest BCUT2D eigenvalue weighted by atomic mass is 16.5. The topological polar surface area (TPSA) is 108 Å². The number of benzene rings is 3. The third kappa shape index (κ3) is 5.15. The molecule has 6 rings (SSSR count). The lowest BCUT2D eigenvalue weighted by atomic mass is 9.75. The fraction of sp³-hybridized carbons (Fsp3) is 0.382. The molecule has 0 bridgehead atoms.